The minimum absolute atomic E-state index is 0.119. The fourth-order valence-corrected chi connectivity index (χ4v) is 2.07. The van der Waals surface area contributed by atoms with Gasteiger partial charge in [-0.2, -0.15) is 8.75 Å². The second-order valence-corrected chi connectivity index (χ2v) is 4.63. The van der Waals surface area contributed by atoms with Crippen molar-refractivity contribution in [3.05, 3.63) is 45.7 Å². The van der Waals surface area contributed by atoms with Crippen LogP contribution in [0.4, 0.5) is 8.78 Å². The van der Waals surface area contributed by atoms with Gasteiger partial charge in [0, 0.05) is 12.0 Å². The third kappa shape index (κ3) is 2.55. The van der Waals surface area contributed by atoms with Crippen molar-refractivity contribution in [1.82, 2.24) is 8.75 Å². The highest BCUT2D eigenvalue weighted by Gasteiger charge is 2.18. The molecule has 0 atom stereocenters. The Morgan fingerprint density at radius 2 is 2.18 bits per heavy atom. The molecule has 3 nitrogen and oxygen atoms in total. The van der Waals surface area contributed by atoms with Gasteiger partial charge in [0.2, 0.25) is 0 Å². The van der Waals surface area contributed by atoms with Gasteiger partial charge in [-0.3, -0.25) is 4.79 Å². The van der Waals surface area contributed by atoms with E-state index in [-0.39, 0.29) is 22.2 Å². The van der Waals surface area contributed by atoms with Crippen molar-refractivity contribution in [2.75, 3.05) is 0 Å². The summed E-state index contributed by atoms with van der Waals surface area (Å²) in [5.74, 6) is -1.97. The quantitative estimate of drug-likeness (QED) is 0.645. The van der Waals surface area contributed by atoms with Gasteiger partial charge in [-0.05, 0) is 28.1 Å². The van der Waals surface area contributed by atoms with Gasteiger partial charge in [-0.15, -0.1) is 0 Å². The lowest BCUT2D eigenvalue weighted by Gasteiger charge is -2.04. The van der Waals surface area contributed by atoms with Crippen LogP contribution < -0.4 is 0 Å². The zero-order valence-electron chi connectivity index (χ0n) is 8.28. The summed E-state index contributed by atoms with van der Waals surface area (Å²) in [6.45, 7) is 0. The lowest BCUT2D eigenvalue weighted by molar-refractivity contribution is 0.0986. The van der Waals surface area contributed by atoms with E-state index in [1.165, 1.54) is 12.3 Å². The smallest absolute Gasteiger partial charge is 0.188 e. The van der Waals surface area contributed by atoms with Gasteiger partial charge in [0.15, 0.2) is 5.78 Å². The van der Waals surface area contributed by atoms with Crippen molar-refractivity contribution in [2.45, 2.75) is 6.42 Å². The highest BCUT2D eigenvalue weighted by molar-refractivity contribution is 9.10. The van der Waals surface area contributed by atoms with E-state index < -0.39 is 17.4 Å². The highest BCUT2D eigenvalue weighted by atomic mass is 79.9. The van der Waals surface area contributed by atoms with Crippen LogP contribution in [0.5, 0.6) is 0 Å². The van der Waals surface area contributed by atoms with E-state index in [2.05, 4.69) is 24.7 Å². The summed E-state index contributed by atoms with van der Waals surface area (Å²) < 4.78 is 34.5. The van der Waals surface area contributed by atoms with E-state index in [9.17, 15) is 13.6 Å². The number of rotatable bonds is 3. The minimum atomic E-state index is -0.762. The molecule has 0 unspecified atom stereocenters. The van der Waals surface area contributed by atoms with Gasteiger partial charge in [-0.25, -0.2) is 8.78 Å². The molecule has 0 spiro atoms. The molecule has 1 aromatic heterocycles. The summed E-state index contributed by atoms with van der Waals surface area (Å²) in [5.41, 5.74) is -0.147. The van der Waals surface area contributed by atoms with Crippen LogP contribution in [-0.4, -0.2) is 14.5 Å². The summed E-state index contributed by atoms with van der Waals surface area (Å²) in [6, 6.07) is 2.36. The molecule has 2 aromatic rings. The van der Waals surface area contributed by atoms with Gasteiger partial charge in [0.05, 0.1) is 22.4 Å². The lowest BCUT2D eigenvalue weighted by Crippen LogP contribution is -2.08. The first-order valence-electron chi connectivity index (χ1n) is 4.52. The predicted octanol–water partition coefficient (Wildman–Crippen LogP) is 3.00. The average Bonchev–Trinajstić information content (AvgIpc) is 2.83. The molecule has 7 heteroatoms. The molecule has 0 amide bonds. The Balaban J connectivity index is 2.31. The van der Waals surface area contributed by atoms with Crippen LogP contribution in [0, 0.1) is 11.6 Å². The minimum Gasteiger partial charge on any atom is -0.292 e. The molecule has 0 radical (unpaired) electrons. The molecule has 0 fully saturated rings. The van der Waals surface area contributed by atoms with E-state index in [0.717, 1.165) is 17.8 Å². The van der Waals surface area contributed by atoms with Crippen molar-refractivity contribution in [3.63, 3.8) is 0 Å². The predicted molar refractivity (Wildman–Crippen MR) is 62.0 cm³/mol. The zero-order valence-corrected chi connectivity index (χ0v) is 10.7. The van der Waals surface area contributed by atoms with Crippen LogP contribution in [0.1, 0.15) is 16.1 Å². The van der Waals surface area contributed by atoms with Crippen molar-refractivity contribution in [3.8, 4) is 0 Å². The average molecular weight is 319 g/mol. The SMILES string of the molecule is O=C(Cc1c(F)ccc(Br)c1F)c1cnsn1. The van der Waals surface area contributed by atoms with E-state index in [1.54, 1.807) is 0 Å². The Bertz CT molecular complexity index is 560. The maximum atomic E-state index is 13.6. The molecule has 1 heterocycles. The van der Waals surface area contributed by atoms with Crippen molar-refractivity contribution >= 4 is 33.4 Å². The van der Waals surface area contributed by atoms with Crippen LogP contribution in [0.25, 0.3) is 0 Å². The molecule has 0 N–H and O–H groups in total. The first kappa shape index (κ1) is 12.3. The van der Waals surface area contributed by atoms with E-state index in [4.69, 9.17) is 0 Å². The van der Waals surface area contributed by atoms with Crippen LogP contribution in [0.3, 0.4) is 0 Å². The number of carbonyl (C=O) groups excluding carboxylic acids is 1. The number of nitrogens with zero attached hydrogens (tertiary/aromatic N) is 2. The number of hydrogen-bond acceptors (Lipinski definition) is 4. The lowest BCUT2D eigenvalue weighted by atomic mass is 10.1. The fraction of sp³-hybridized carbons (Fsp3) is 0.100. The molecule has 88 valence electrons. The van der Waals surface area contributed by atoms with E-state index >= 15 is 0 Å². The monoisotopic (exact) mass is 318 g/mol. The Morgan fingerprint density at radius 1 is 1.41 bits per heavy atom. The summed E-state index contributed by atoms with van der Waals surface area (Å²) >= 11 is 3.81. The normalized spacial score (nSPS) is 10.5. The Labute approximate surface area is 108 Å². The number of carbonyl (C=O) groups is 1. The van der Waals surface area contributed by atoms with Crippen LogP contribution in [0.15, 0.2) is 22.8 Å². The Kier molecular flexibility index (Phi) is 3.58. The number of aromatic nitrogens is 2. The molecule has 0 saturated carbocycles. The van der Waals surface area contributed by atoms with Crippen LogP contribution in [0.2, 0.25) is 0 Å². The second-order valence-electron chi connectivity index (χ2n) is 3.21. The van der Waals surface area contributed by atoms with E-state index in [0.29, 0.717) is 0 Å². The molecule has 0 aliphatic heterocycles. The molecule has 0 bridgehead atoms. The summed E-state index contributed by atoms with van der Waals surface area (Å²) in [6.07, 6.45) is 0.906. The molecule has 1 aromatic carbocycles. The van der Waals surface area contributed by atoms with Gasteiger partial charge < -0.3 is 0 Å². The van der Waals surface area contributed by atoms with Crippen molar-refractivity contribution in [2.24, 2.45) is 0 Å². The fourth-order valence-electron chi connectivity index (χ4n) is 1.27. The molecule has 17 heavy (non-hydrogen) atoms. The molecule has 0 aliphatic rings. The number of halogens is 3. The Morgan fingerprint density at radius 3 is 2.82 bits per heavy atom. The Hall–Kier alpha value is -1.21. The van der Waals surface area contributed by atoms with Gasteiger partial charge in [0.25, 0.3) is 0 Å². The first-order chi connectivity index (χ1) is 8.09. The topological polar surface area (TPSA) is 42.9 Å². The number of Topliss-reactive ketones (excluding diaryl/α,β-unsaturated/α-hetero) is 1. The maximum absolute atomic E-state index is 13.6. The van der Waals surface area contributed by atoms with Gasteiger partial charge >= 0.3 is 0 Å². The van der Waals surface area contributed by atoms with Gasteiger partial charge in [-0.1, -0.05) is 0 Å². The second kappa shape index (κ2) is 4.97. The number of benzene rings is 1. The van der Waals surface area contributed by atoms with Crippen molar-refractivity contribution in [1.29, 1.82) is 0 Å². The molecule has 2 rings (SSSR count). The summed E-state index contributed by atoms with van der Waals surface area (Å²) in [5, 5.41) is 0. The summed E-state index contributed by atoms with van der Waals surface area (Å²) in [4.78, 5) is 11.6. The van der Waals surface area contributed by atoms with Crippen LogP contribution >= 0.6 is 27.7 Å². The zero-order chi connectivity index (χ0) is 12.4. The third-order valence-corrected chi connectivity index (χ3v) is 3.21. The molecular formula is C10H5BrF2N2OS. The standard InChI is InChI=1S/C10H5BrF2N2OS/c11-6-1-2-7(12)5(10(6)13)3-9(16)8-4-14-17-15-8/h1-2,4H,3H2. The molecule has 0 saturated heterocycles. The molecule has 0 aliphatic carbocycles. The number of ketones is 1. The van der Waals surface area contributed by atoms with Crippen LogP contribution in [-0.2, 0) is 6.42 Å². The van der Waals surface area contributed by atoms with Gasteiger partial charge in [0.1, 0.15) is 17.3 Å². The highest BCUT2D eigenvalue weighted by Crippen LogP contribution is 2.22. The third-order valence-electron chi connectivity index (χ3n) is 2.12. The van der Waals surface area contributed by atoms with Crippen molar-refractivity contribution < 1.29 is 13.6 Å². The largest absolute Gasteiger partial charge is 0.292 e. The first-order valence-corrected chi connectivity index (χ1v) is 6.05. The summed E-state index contributed by atoms with van der Waals surface area (Å²) in [7, 11) is 0. The maximum Gasteiger partial charge on any atom is 0.188 e. The molecular weight excluding hydrogens is 314 g/mol. The number of hydrogen-bond donors (Lipinski definition) is 0. The van der Waals surface area contributed by atoms with E-state index in [1.807, 2.05) is 0 Å².